The third-order valence-electron chi connectivity index (χ3n) is 4.39. The first-order valence-electron chi connectivity index (χ1n) is 9.44. The van der Waals surface area contributed by atoms with Gasteiger partial charge in [0.2, 0.25) is 15.9 Å². The maximum Gasteiger partial charge on any atom is 0.250 e. The van der Waals surface area contributed by atoms with Crippen molar-refractivity contribution < 1.29 is 26.7 Å². The van der Waals surface area contributed by atoms with Crippen molar-refractivity contribution in [3.05, 3.63) is 65.7 Å². The van der Waals surface area contributed by atoms with Gasteiger partial charge in [0.1, 0.15) is 5.82 Å². The summed E-state index contributed by atoms with van der Waals surface area (Å²) in [7, 11) is -3.59. The first kappa shape index (κ1) is 23.7. The summed E-state index contributed by atoms with van der Waals surface area (Å²) in [4.78, 5) is 12.1. The lowest BCUT2D eigenvalue weighted by molar-refractivity contribution is -0.115. The highest BCUT2D eigenvalue weighted by Gasteiger charge is 2.25. The summed E-state index contributed by atoms with van der Waals surface area (Å²) in [6, 6.07) is 9.02. The first-order chi connectivity index (χ1) is 15.3. The van der Waals surface area contributed by atoms with Gasteiger partial charge in [0.15, 0.2) is 10.9 Å². The number of hydrogen-bond acceptors (Lipinski definition) is 6. The molecule has 1 saturated heterocycles. The van der Waals surface area contributed by atoms with E-state index in [9.17, 15) is 22.0 Å². The summed E-state index contributed by atoms with van der Waals surface area (Å²) in [6.45, 7) is 1.34. The van der Waals surface area contributed by atoms with E-state index in [2.05, 4.69) is 16.2 Å². The van der Waals surface area contributed by atoms with Crippen molar-refractivity contribution in [3.63, 3.8) is 0 Å². The van der Waals surface area contributed by atoms with Crippen molar-refractivity contribution in [1.82, 2.24) is 15.0 Å². The zero-order chi connectivity index (χ0) is 23.1. The molecule has 2 aromatic carbocycles. The van der Waals surface area contributed by atoms with Crippen molar-refractivity contribution in [1.29, 1.82) is 0 Å². The van der Waals surface area contributed by atoms with Gasteiger partial charge in [-0.15, -0.1) is 0 Å². The number of halogens is 2. The third kappa shape index (κ3) is 6.29. The lowest BCUT2D eigenvalue weighted by Gasteiger charge is -2.26. The smallest absolute Gasteiger partial charge is 0.250 e. The molecule has 0 bridgehead atoms. The topological polar surface area (TPSA) is 99.8 Å². The van der Waals surface area contributed by atoms with Gasteiger partial charge in [-0.2, -0.15) is 4.31 Å². The Kier molecular flexibility index (Phi) is 7.85. The molecule has 1 heterocycles. The number of nitrogens with one attached hydrogen (secondary N) is 3. The van der Waals surface area contributed by atoms with Crippen LogP contribution >= 0.6 is 12.2 Å². The van der Waals surface area contributed by atoms with Gasteiger partial charge >= 0.3 is 0 Å². The number of hydrazine groups is 1. The molecule has 1 aliphatic heterocycles. The zero-order valence-corrected chi connectivity index (χ0v) is 18.3. The molecule has 0 aromatic heterocycles. The molecule has 1 fully saturated rings. The number of thiocarbonyl (C=S) groups is 1. The van der Waals surface area contributed by atoms with Crippen molar-refractivity contribution in [2.45, 2.75) is 4.90 Å². The number of amides is 1. The second kappa shape index (κ2) is 10.6. The van der Waals surface area contributed by atoms with Crippen molar-refractivity contribution in [3.8, 4) is 0 Å². The van der Waals surface area contributed by atoms with E-state index < -0.39 is 27.6 Å². The molecule has 2 aromatic rings. The number of nitrogens with zero attached hydrogens (tertiary/aromatic N) is 1. The first-order valence-corrected chi connectivity index (χ1v) is 11.3. The van der Waals surface area contributed by atoms with Crippen LogP contribution in [0.2, 0.25) is 0 Å². The highest BCUT2D eigenvalue weighted by atomic mass is 32.2. The summed E-state index contributed by atoms with van der Waals surface area (Å²) >= 11 is 4.93. The van der Waals surface area contributed by atoms with Crippen LogP contribution in [0, 0.1) is 11.6 Å². The SMILES string of the molecule is O=C(C=Cc1ccc(S(=O)(=O)N2CCOCC2)cc1)NC(=S)NNc1ccc(F)cc1F. The summed E-state index contributed by atoms with van der Waals surface area (Å²) in [5.41, 5.74) is 5.40. The molecule has 1 amide bonds. The van der Waals surface area contributed by atoms with E-state index in [0.717, 1.165) is 6.07 Å². The molecule has 0 saturated carbocycles. The standard InChI is InChI=1S/C20H20F2N4O4S2/c21-15-4-7-18(17(22)13-15)24-25-20(31)23-19(27)8-3-14-1-5-16(6-2-14)32(28,29)26-9-11-30-12-10-26/h1-8,13,24H,9-12H2,(H2,23,25,27,31). The van der Waals surface area contributed by atoms with Gasteiger partial charge in [-0.1, -0.05) is 12.1 Å². The van der Waals surface area contributed by atoms with E-state index in [0.29, 0.717) is 37.9 Å². The molecule has 1 aliphatic rings. The van der Waals surface area contributed by atoms with Crippen LogP contribution in [0.15, 0.2) is 53.4 Å². The Morgan fingerprint density at radius 1 is 1.09 bits per heavy atom. The normalized spacial score (nSPS) is 14.8. The molecule has 0 aliphatic carbocycles. The van der Waals surface area contributed by atoms with Crippen LogP contribution in [-0.4, -0.2) is 50.0 Å². The number of carbonyl (C=O) groups is 1. The van der Waals surface area contributed by atoms with E-state index >= 15 is 0 Å². The number of ether oxygens (including phenoxy) is 1. The van der Waals surface area contributed by atoms with Crippen molar-refractivity contribution in [2.24, 2.45) is 0 Å². The molecule has 8 nitrogen and oxygen atoms in total. The van der Waals surface area contributed by atoms with Crippen LogP contribution in [0.3, 0.4) is 0 Å². The maximum atomic E-state index is 13.5. The zero-order valence-electron chi connectivity index (χ0n) is 16.7. The summed E-state index contributed by atoms with van der Waals surface area (Å²) < 4.78 is 58.2. The predicted octanol–water partition coefficient (Wildman–Crippen LogP) is 2.02. The number of morpholine rings is 1. The quantitative estimate of drug-likeness (QED) is 0.329. The van der Waals surface area contributed by atoms with Gasteiger partial charge in [0.05, 0.1) is 23.8 Å². The lowest BCUT2D eigenvalue weighted by atomic mass is 10.2. The molecular weight excluding hydrogens is 462 g/mol. The van der Waals surface area contributed by atoms with Crippen molar-refractivity contribution >= 4 is 45.0 Å². The van der Waals surface area contributed by atoms with Crippen LogP contribution in [0.4, 0.5) is 14.5 Å². The summed E-state index contributed by atoms with van der Waals surface area (Å²) in [5.74, 6) is -2.11. The summed E-state index contributed by atoms with van der Waals surface area (Å²) in [6.07, 6.45) is 2.69. The molecule has 12 heteroatoms. The highest BCUT2D eigenvalue weighted by Crippen LogP contribution is 2.18. The Bertz CT molecular complexity index is 1120. The molecule has 3 N–H and O–H groups in total. The third-order valence-corrected chi connectivity index (χ3v) is 6.51. The van der Waals surface area contributed by atoms with E-state index in [1.807, 2.05) is 0 Å². The van der Waals surface area contributed by atoms with E-state index in [-0.39, 0.29) is 15.7 Å². The Morgan fingerprint density at radius 3 is 2.44 bits per heavy atom. The van der Waals surface area contributed by atoms with Crippen LogP contribution in [-0.2, 0) is 19.6 Å². The van der Waals surface area contributed by atoms with E-state index in [4.69, 9.17) is 17.0 Å². The molecular formula is C20H20F2N4O4S2. The van der Waals surface area contributed by atoms with Gasteiger partial charge in [0.25, 0.3) is 0 Å². The van der Waals surface area contributed by atoms with Crippen LogP contribution in [0.5, 0.6) is 0 Å². The van der Waals surface area contributed by atoms with E-state index in [1.165, 1.54) is 34.7 Å². The Labute approximate surface area is 189 Å². The molecule has 0 atom stereocenters. The Morgan fingerprint density at radius 2 is 1.78 bits per heavy atom. The fourth-order valence-electron chi connectivity index (χ4n) is 2.76. The fraction of sp³-hybridized carbons (Fsp3) is 0.200. The molecule has 0 unspecified atom stereocenters. The van der Waals surface area contributed by atoms with Crippen LogP contribution in [0.1, 0.15) is 5.56 Å². The number of hydrogen-bond donors (Lipinski definition) is 3. The molecule has 0 spiro atoms. The number of benzene rings is 2. The maximum absolute atomic E-state index is 13.5. The van der Waals surface area contributed by atoms with Crippen LogP contribution in [0.25, 0.3) is 6.08 Å². The summed E-state index contributed by atoms with van der Waals surface area (Å²) in [5, 5.41) is 2.22. The predicted molar refractivity (Wildman–Crippen MR) is 119 cm³/mol. The van der Waals surface area contributed by atoms with Gasteiger partial charge < -0.3 is 4.74 Å². The van der Waals surface area contributed by atoms with E-state index in [1.54, 1.807) is 12.1 Å². The molecule has 32 heavy (non-hydrogen) atoms. The largest absolute Gasteiger partial charge is 0.379 e. The monoisotopic (exact) mass is 482 g/mol. The molecule has 0 radical (unpaired) electrons. The average Bonchev–Trinajstić information content (AvgIpc) is 2.78. The lowest BCUT2D eigenvalue weighted by Crippen LogP contribution is -2.41. The minimum Gasteiger partial charge on any atom is -0.379 e. The van der Waals surface area contributed by atoms with Crippen molar-refractivity contribution in [2.75, 3.05) is 31.7 Å². The van der Waals surface area contributed by atoms with Gasteiger partial charge in [0, 0.05) is 25.2 Å². The second-order valence-electron chi connectivity index (χ2n) is 6.61. The van der Waals surface area contributed by atoms with Crippen LogP contribution < -0.4 is 16.2 Å². The highest BCUT2D eigenvalue weighted by molar-refractivity contribution is 7.89. The number of anilines is 1. The van der Waals surface area contributed by atoms with Gasteiger partial charge in [-0.3, -0.25) is 21.0 Å². The Hall–Kier alpha value is -2.93. The minimum atomic E-state index is -3.59. The molecule has 170 valence electrons. The minimum absolute atomic E-state index is 0.0503. The molecule has 3 rings (SSSR count). The number of carbonyl (C=O) groups excluding carboxylic acids is 1. The average molecular weight is 483 g/mol. The second-order valence-corrected chi connectivity index (χ2v) is 8.96. The number of sulfonamides is 1. The Balaban J connectivity index is 1.52. The fourth-order valence-corrected chi connectivity index (χ4v) is 4.32. The van der Waals surface area contributed by atoms with Gasteiger partial charge in [-0.25, -0.2) is 17.2 Å². The number of rotatable bonds is 6. The van der Waals surface area contributed by atoms with Gasteiger partial charge in [-0.05, 0) is 48.1 Å².